The summed E-state index contributed by atoms with van der Waals surface area (Å²) in [4.78, 5) is 24.8. The van der Waals surface area contributed by atoms with Gasteiger partial charge in [0.25, 0.3) is 5.79 Å². The molecule has 2 heterocycles. The summed E-state index contributed by atoms with van der Waals surface area (Å²) in [5.41, 5.74) is 2.43. The van der Waals surface area contributed by atoms with Crippen LogP contribution in [0.15, 0.2) is 40.4 Å². The quantitative estimate of drug-likeness (QED) is 0.223. The average molecular weight is 487 g/mol. The summed E-state index contributed by atoms with van der Waals surface area (Å²) in [6, 6.07) is 8.44. The van der Waals surface area contributed by atoms with Gasteiger partial charge in [0.1, 0.15) is 11.3 Å². The van der Waals surface area contributed by atoms with Crippen molar-refractivity contribution in [2.75, 3.05) is 6.61 Å². The van der Waals surface area contributed by atoms with Gasteiger partial charge in [-0.25, -0.2) is 9.59 Å². The number of esters is 2. The molecule has 0 unspecified atom stereocenters. The summed E-state index contributed by atoms with van der Waals surface area (Å²) in [6.07, 6.45) is 6.70. The van der Waals surface area contributed by atoms with Crippen molar-refractivity contribution in [3.63, 3.8) is 0 Å². The molecule has 2 aliphatic rings. The van der Waals surface area contributed by atoms with Crippen LogP contribution in [0.1, 0.15) is 57.1 Å². The smallest absolute Gasteiger partial charge is 0.348 e. The molecule has 2 aromatic rings. The first-order valence-corrected chi connectivity index (χ1v) is 11.8. The molecule has 0 bridgehead atoms. The van der Waals surface area contributed by atoms with E-state index >= 15 is 0 Å². The maximum Gasteiger partial charge on any atom is 0.348 e. The second kappa shape index (κ2) is 9.03. The first-order valence-electron chi connectivity index (χ1n) is 11.0. The lowest BCUT2D eigenvalue weighted by Crippen LogP contribution is -2.45. The van der Waals surface area contributed by atoms with Crippen molar-refractivity contribution in [3.8, 4) is 5.75 Å². The molecular weight excluding hydrogens is 460 g/mol. The number of carbonyl (C=O) groups excluding carboxylic acids is 2. The van der Waals surface area contributed by atoms with Gasteiger partial charge in [0.2, 0.25) is 0 Å². The Balaban J connectivity index is 1.52. The number of allylic oxidation sites excluding steroid dienone is 1. The fourth-order valence-corrected chi connectivity index (χ4v) is 4.82. The van der Waals surface area contributed by atoms with Crippen LogP contribution in [0.2, 0.25) is 0 Å². The number of hydrogen-bond acceptors (Lipinski definition) is 5. The van der Waals surface area contributed by atoms with E-state index in [1.165, 1.54) is 21.9 Å². The van der Waals surface area contributed by atoms with Gasteiger partial charge >= 0.3 is 11.9 Å². The normalized spacial score (nSPS) is 17.6. The Morgan fingerprint density at radius 1 is 1.10 bits per heavy atom. The van der Waals surface area contributed by atoms with Crippen molar-refractivity contribution in [2.45, 2.75) is 64.6 Å². The van der Waals surface area contributed by atoms with Crippen LogP contribution >= 0.6 is 15.9 Å². The highest BCUT2D eigenvalue weighted by Crippen LogP contribution is 2.39. The second-order valence-electron chi connectivity index (χ2n) is 8.04. The highest BCUT2D eigenvalue weighted by Gasteiger charge is 2.43. The zero-order valence-electron chi connectivity index (χ0n) is 18.0. The fraction of sp³-hybridized carbons (Fsp3) is 0.440. The van der Waals surface area contributed by atoms with Gasteiger partial charge < -0.3 is 14.2 Å². The number of ether oxygens (including phenoxy) is 3. The first-order chi connectivity index (χ1) is 15.0. The molecule has 31 heavy (non-hydrogen) atoms. The number of benzene rings is 2. The monoisotopic (exact) mass is 486 g/mol. The molecule has 1 fully saturated rings. The summed E-state index contributed by atoms with van der Waals surface area (Å²) >= 11 is 3.67. The van der Waals surface area contributed by atoms with Crippen molar-refractivity contribution >= 4 is 38.6 Å². The SMILES string of the molecule is CCC1(CC)OC(=O)C(=CCCCc2c3c(cc4c(Br)cccc24)CCCO3)C(=O)O1. The molecule has 4 rings (SSSR count). The molecule has 0 aromatic heterocycles. The Morgan fingerprint density at radius 3 is 2.55 bits per heavy atom. The molecule has 0 aliphatic carbocycles. The Labute approximate surface area is 190 Å². The van der Waals surface area contributed by atoms with Crippen LogP contribution in [-0.4, -0.2) is 24.3 Å². The third-order valence-electron chi connectivity index (χ3n) is 6.15. The lowest BCUT2D eigenvalue weighted by atomic mass is 9.93. The molecular formula is C25H27BrO5. The third-order valence-corrected chi connectivity index (χ3v) is 6.84. The molecule has 0 saturated carbocycles. The maximum atomic E-state index is 12.4. The van der Waals surface area contributed by atoms with Crippen LogP contribution in [0, 0.1) is 0 Å². The van der Waals surface area contributed by atoms with Gasteiger partial charge in [-0.05, 0) is 60.6 Å². The average Bonchev–Trinajstić information content (AvgIpc) is 2.77. The molecule has 2 aliphatic heterocycles. The zero-order valence-corrected chi connectivity index (χ0v) is 19.5. The van der Waals surface area contributed by atoms with E-state index in [-0.39, 0.29) is 5.57 Å². The lowest BCUT2D eigenvalue weighted by molar-refractivity contribution is -0.237. The summed E-state index contributed by atoms with van der Waals surface area (Å²) in [7, 11) is 0. The molecule has 5 nitrogen and oxygen atoms in total. The predicted octanol–water partition coefficient (Wildman–Crippen LogP) is 5.79. The van der Waals surface area contributed by atoms with Gasteiger partial charge in [0.05, 0.1) is 6.61 Å². The second-order valence-corrected chi connectivity index (χ2v) is 8.89. The Bertz CT molecular complexity index is 1030. The van der Waals surface area contributed by atoms with Gasteiger partial charge in [-0.2, -0.15) is 0 Å². The zero-order chi connectivity index (χ0) is 22.0. The first kappa shape index (κ1) is 21.9. The van der Waals surface area contributed by atoms with Crippen molar-refractivity contribution in [3.05, 3.63) is 51.5 Å². The summed E-state index contributed by atoms with van der Waals surface area (Å²) in [5, 5.41) is 2.37. The van der Waals surface area contributed by atoms with Gasteiger partial charge in [-0.3, -0.25) is 0 Å². The van der Waals surface area contributed by atoms with Gasteiger partial charge in [0, 0.05) is 22.9 Å². The van der Waals surface area contributed by atoms with E-state index in [2.05, 4.69) is 34.1 Å². The summed E-state index contributed by atoms with van der Waals surface area (Å²) in [5.74, 6) is -1.31. The van der Waals surface area contributed by atoms with Gasteiger partial charge in [0.15, 0.2) is 0 Å². The molecule has 0 atom stereocenters. The third kappa shape index (κ3) is 4.22. The number of cyclic esters (lactones) is 2. The van der Waals surface area contributed by atoms with Crippen molar-refractivity contribution in [2.24, 2.45) is 0 Å². The molecule has 2 aromatic carbocycles. The van der Waals surface area contributed by atoms with Gasteiger partial charge in [-0.15, -0.1) is 0 Å². The summed E-state index contributed by atoms with van der Waals surface area (Å²) < 4.78 is 18.0. The Kier molecular flexibility index (Phi) is 6.37. The van der Waals surface area contributed by atoms with E-state index in [0.29, 0.717) is 19.3 Å². The van der Waals surface area contributed by atoms with E-state index < -0.39 is 17.7 Å². The maximum absolute atomic E-state index is 12.4. The minimum atomic E-state index is -1.13. The fourth-order valence-electron chi connectivity index (χ4n) is 4.34. The van der Waals surface area contributed by atoms with Crippen LogP contribution in [-0.2, 0) is 31.9 Å². The molecule has 6 heteroatoms. The number of fused-ring (bicyclic) bond motifs is 2. The Morgan fingerprint density at radius 2 is 1.84 bits per heavy atom. The minimum absolute atomic E-state index is 0.00327. The van der Waals surface area contributed by atoms with Crippen LogP contribution < -0.4 is 4.74 Å². The van der Waals surface area contributed by atoms with Crippen LogP contribution in [0.25, 0.3) is 10.8 Å². The number of aryl methyl sites for hydroxylation is 2. The molecule has 1 saturated heterocycles. The number of unbranched alkanes of at least 4 members (excludes halogenated alkanes) is 1. The number of rotatable bonds is 6. The summed E-state index contributed by atoms with van der Waals surface area (Å²) in [6.45, 7) is 4.41. The highest BCUT2D eigenvalue weighted by atomic mass is 79.9. The number of carbonyl (C=O) groups is 2. The minimum Gasteiger partial charge on any atom is -0.493 e. The number of halogens is 1. The lowest BCUT2D eigenvalue weighted by Gasteiger charge is -2.34. The van der Waals surface area contributed by atoms with Crippen LogP contribution in [0.4, 0.5) is 0 Å². The molecule has 164 valence electrons. The largest absolute Gasteiger partial charge is 0.493 e. The van der Waals surface area contributed by atoms with Gasteiger partial charge in [-0.1, -0.05) is 48.0 Å². The Hall–Kier alpha value is -2.34. The van der Waals surface area contributed by atoms with E-state index in [1.807, 2.05) is 19.9 Å². The molecule has 0 amide bonds. The molecule has 0 spiro atoms. The standard InChI is InChI=1S/C25H27BrO5/c1-3-25(4-2)30-23(27)19(24(28)31-25)11-6-5-10-18-17-12-7-13-21(26)20(17)15-16-9-8-14-29-22(16)18/h7,11-13,15H,3-6,8-10,14H2,1-2H3. The van der Waals surface area contributed by atoms with Crippen molar-refractivity contribution < 1.29 is 23.8 Å². The van der Waals surface area contributed by atoms with E-state index in [0.717, 1.165) is 42.5 Å². The topological polar surface area (TPSA) is 61.8 Å². The van der Waals surface area contributed by atoms with Crippen molar-refractivity contribution in [1.29, 1.82) is 0 Å². The van der Waals surface area contributed by atoms with E-state index in [1.54, 1.807) is 6.08 Å². The molecule has 0 N–H and O–H groups in total. The predicted molar refractivity (Wildman–Crippen MR) is 122 cm³/mol. The van der Waals surface area contributed by atoms with Crippen molar-refractivity contribution in [1.82, 2.24) is 0 Å². The van der Waals surface area contributed by atoms with E-state index in [9.17, 15) is 9.59 Å². The number of hydrogen-bond donors (Lipinski definition) is 0. The van der Waals surface area contributed by atoms with Crippen LogP contribution in [0.3, 0.4) is 0 Å². The molecule has 0 radical (unpaired) electrons. The highest BCUT2D eigenvalue weighted by molar-refractivity contribution is 9.10. The van der Waals surface area contributed by atoms with E-state index in [4.69, 9.17) is 14.2 Å². The van der Waals surface area contributed by atoms with Crippen LogP contribution in [0.5, 0.6) is 5.75 Å².